The average Bonchev–Trinajstić information content (AvgIpc) is 2.67. The van der Waals surface area contributed by atoms with Crippen LogP contribution in [-0.4, -0.2) is 47.9 Å². The lowest BCUT2D eigenvalue weighted by Crippen LogP contribution is -2.48. The Kier molecular flexibility index (Phi) is 4.32. The molecule has 22 heavy (non-hydrogen) atoms. The summed E-state index contributed by atoms with van der Waals surface area (Å²) in [5.74, 6) is -1.26. The highest BCUT2D eigenvalue weighted by Crippen LogP contribution is 2.22. The summed E-state index contributed by atoms with van der Waals surface area (Å²) < 4.78 is 5.30. The molecule has 0 spiro atoms. The summed E-state index contributed by atoms with van der Waals surface area (Å²) in [6.45, 7) is 5.23. The first-order valence-corrected chi connectivity index (χ1v) is 7.10. The molecule has 0 fully saturated rings. The fourth-order valence-corrected chi connectivity index (χ4v) is 2.24. The minimum absolute atomic E-state index is 0.0578. The van der Waals surface area contributed by atoms with Crippen LogP contribution < -0.4 is 5.32 Å². The third-order valence-corrected chi connectivity index (χ3v) is 3.28. The molecule has 0 saturated carbocycles. The van der Waals surface area contributed by atoms with Gasteiger partial charge in [0.15, 0.2) is 0 Å². The molecule has 1 unspecified atom stereocenters. The van der Waals surface area contributed by atoms with Gasteiger partial charge in [-0.2, -0.15) is 0 Å². The van der Waals surface area contributed by atoms with Gasteiger partial charge in [-0.05, 0) is 40.0 Å². The number of rotatable bonds is 4. The van der Waals surface area contributed by atoms with E-state index in [1.165, 1.54) is 0 Å². The number of benzene rings is 1. The number of ether oxygens (including phenoxy) is 1. The zero-order chi connectivity index (χ0) is 16.5. The number of carbonyl (C=O) groups excluding carboxylic acids is 3. The summed E-state index contributed by atoms with van der Waals surface area (Å²) in [7, 11) is 1.59. The van der Waals surface area contributed by atoms with Crippen LogP contribution in [0, 0.1) is 0 Å². The Morgan fingerprint density at radius 1 is 1.18 bits per heavy atom. The van der Waals surface area contributed by atoms with Gasteiger partial charge in [-0.15, -0.1) is 0 Å². The molecule has 1 heterocycles. The van der Waals surface area contributed by atoms with E-state index in [9.17, 15) is 14.4 Å². The maximum atomic E-state index is 12.3. The van der Waals surface area contributed by atoms with Gasteiger partial charge in [-0.1, -0.05) is 12.1 Å². The lowest BCUT2D eigenvalue weighted by molar-refractivity contribution is -0.157. The molecule has 2 rings (SSSR count). The van der Waals surface area contributed by atoms with E-state index in [-0.39, 0.29) is 18.4 Å². The Bertz CT molecular complexity index is 584. The van der Waals surface area contributed by atoms with Crippen LogP contribution in [0.3, 0.4) is 0 Å². The van der Waals surface area contributed by atoms with Crippen LogP contribution in [0.2, 0.25) is 0 Å². The van der Waals surface area contributed by atoms with Crippen molar-refractivity contribution in [1.29, 1.82) is 0 Å². The van der Waals surface area contributed by atoms with E-state index in [0.29, 0.717) is 11.1 Å². The smallest absolute Gasteiger partial charge is 0.325 e. The summed E-state index contributed by atoms with van der Waals surface area (Å²) >= 11 is 0. The van der Waals surface area contributed by atoms with Crippen molar-refractivity contribution in [2.45, 2.75) is 32.4 Å². The molecule has 1 atom stereocenters. The zero-order valence-corrected chi connectivity index (χ0v) is 13.2. The lowest BCUT2D eigenvalue weighted by Gasteiger charge is -2.25. The normalized spacial score (nSPS) is 15.7. The number of likely N-dealkylation sites (N-methyl/N-ethyl adjacent to an activating group) is 1. The second kappa shape index (κ2) is 5.88. The summed E-state index contributed by atoms with van der Waals surface area (Å²) in [6, 6.07) is 5.87. The molecule has 0 saturated heterocycles. The van der Waals surface area contributed by atoms with Crippen molar-refractivity contribution in [1.82, 2.24) is 10.2 Å². The molecule has 6 heteroatoms. The molecule has 1 aromatic carbocycles. The van der Waals surface area contributed by atoms with Crippen LogP contribution in [0.25, 0.3) is 0 Å². The first kappa shape index (κ1) is 16.2. The Balaban J connectivity index is 2.15. The summed E-state index contributed by atoms with van der Waals surface area (Å²) in [6.07, 6.45) is 0. The minimum atomic E-state index is -0.763. The van der Waals surface area contributed by atoms with E-state index in [1.54, 1.807) is 52.1 Å². The maximum Gasteiger partial charge on any atom is 0.325 e. The Morgan fingerprint density at radius 2 is 1.68 bits per heavy atom. The van der Waals surface area contributed by atoms with Crippen LogP contribution in [0.15, 0.2) is 24.3 Å². The van der Waals surface area contributed by atoms with Crippen molar-refractivity contribution in [2.24, 2.45) is 0 Å². The number of esters is 1. The average molecular weight is 304 g/mol. The van der Waals surface area contributed by atoms with Crippen LogP contribution in [0.1, 0.15) is 41.5 Å². The number of carbonyl (C=O) groups is 3. The Morgan fingerprint density at radius 3 is 2.09 bits per heavy atom. The van der Waals surface area contributed by atoms with E-state index >= 15 is 0 Å². The molecule has 2 amide bonds. The van der Waals surface area contributed by atoms with Crippen molar-refractivity contribution < 1.29 is 19.1 Å². The molecule has 1 aliphatic rings. The van der Waals surface area contributed by atoms with E-state index in [1.807, 2.05) is 0 Å². The second-order valence-corrected chi connectivity index (χ2v) is 6.14. The van der Waals surface area contributed by atoms with E-state index in [0.717, 1.165) is 4.90 Å². The molecular weight excluding hydrogens is 284 g/mol. The van der Waals surface area contributed by atoms with Gasteiger partial charge >= 0.3 is 5.97 Å². The summed E-state index contributed by atoms with van der Waals surface area (Å²) in [5.41, 5.74) is 0.104. The fourth-order valence-electron chi connectivity index (χ4n) is 2.24. The highest BCUT2D eigenvalue weighted by molar-refractivity contribution is 6.21. The molecular formula is C16H20N2O4. The van der Waals surface area contributed by atoms with E-state index < -0.39 is 17.6 Å². The standard InChI is InChI=1S/C16H20N2O4/c1-16(2,3)22-15(21)12(17-4)9-18-13(19)10-7-5-6-8-11(10)14(18)20/h5-8,12,17H,9H2,1-4H3. The van der Waals surface area contributed by atoms with Crippen LogP contribution in [0.4, 0.5) is 0 Å². The topological polar surface area (TPSA) is 75.7 Å². The van der Waals surface area contributed by atoms with Crippen molar-refractivity contribution in [3.05, 3.63) is 35.4 Å². The predicted octanol–water partition coefficient (Wildman–Crippen LogP) is 1.21. The van der Waals surface area contributed by atoms with Gasteiger partial charge < -0.3 is 10.1 Å². The molecule has 118 valence electrons. The number of amides is 2. The number of fused-ring (bicyclic) bond motifs is 1. The van der Waals surface area contributed by atoms with E-state index in [2.05, 4.69) is 5.32 Å². The van der Waals surface area contributed by atoms with Gasteiger partial charge in [0.2, 0.25) is 0 Å². The van der Waals surface area contributed by atoms with Gasteiger partial charge in [0.05, 0.1) is 17.7 Å². The molecule has 0 radical (unpaired) electrons. The highest BCUT2D eigenvalue weighted by Gasteiger charge is 2.38. The van der Waals surface area contributed by atoms with Gasteiger partial charge in [0.25, 0.3) is 11.8 Å². The second-order valence-electron chi connectivity index (χ2n) is 6.14. The molecule has 1 N–H and O–H groups in total. The number of hydrogen-bond acceptors (Lipinski definition) is 5. The maximum absolute atomic E-state index is 12.3. The fraction of sp³-hybridized carbons (Fsp3) is 0.438. The van der Waals surface area contributed by atoms with Gasteiger partial charge in [-0.25, -0.2) is 0 Å². The van der Waals surface area contributed by atoms with Crippen molar-refractivity contribution in [3.8, 4) is 0 Å². The monoisotopic (exact) mass is 304 g/mol. The van der Waals surface area contributed by atoms with Gasteiger partial charge in [-0.3, -0.25) is 19.3 Å². The Hall–Kier alpha value is -2.21. The molecule has 0 bridgehead atoms. The number of imide groups is 1. The molecule has 1 aromatic rings. The Labute approximate surface area is 129 Å². The van der Waals surface area contributed by atoms with Crippen molar-refractivity contribution in [3.63, 3.8) is 0 Å². The van der Waals surface area contributed by atoms with Gasteiger partial charge in [0, 0.05) is 0 Å². The first-order chi connectivity index (χ1) is 10.2. The lowest BCUT2D eigenvalue weighted by atomic mass is 10.1. The van der Waals surface area contributed by atoms with Crippen LogP contribution in [0.5, 0.6) is 0 Å². The molecule has 1 aliphatic heterocycles. The number of nitrogens with one attached hydrogen (secondary N) is 1. The van der Waals surface area contributed by atoms with Gasteiger partial charge in [0.1, 0.15) is 11.6 Å². The van der Waals surface area contributed by atoms with Crippen molar-refractivity contribution >= 4 is 17.8 Å². The first-order valence-electron chi connectivity index (χ1n) is 7.10. The SMILES string of the molecule is CNC(CN1C(=O)c2ccccc2C1=O)C(=O)OC(C)(C)C. The quantitative estimate of drug-likeness (QED) is 0.668. The highest BCUT2D eigenvalue weighted by atomic mass is 16.6. The third-order valence-electron chi connectivity index (χ3n) is 3.28. The zero-order valence-electron chi connectivity index (χ0n) is 13.2. The summed E-state index contributed by atoms with van der Waals surface area (Å²) in [5, 5.41) is 2.80. The predicted molar refractivity (Wildman–Crippen MR) is 80.5 cm³/mol. The molecule has 0 aromatic heterocycles. The molecule has 0 aliphatic carbocycles. The summed E-state index contributed by atoms with van der Waals surface area (Å²) in [4.78, 5) is 37.8. The van der Waals surface area contributed by atoms with E-state index in [4.69, 9.17) is 4.74 Å². The number of nitrogens with zero attached hydrogens (tertiary/aromatic N) is 1. The largest absolute Gasteiger partial charge is 0.459 e. The minimum Gasteiger partial charge on any atom is -0.459 e. The number of hydrogen-bond donors (Lipinski definition) is 1. The molecule has 6 nitrogen and oxygen atoms in total. The van der Waals surface area contributed by atoms with Crippen LogP contribution in [-0.2, 0) is 9.53 Å². The van der Waals surface area contributed by atoms with Crippen LogP contribution >= 0.6 is 0 Å². The van der Waals surface area contributed by atoms with Crippen molar-refractivity contribution in [2.75, 3.05) is 13.6 Å². The third kappa shape index (κ3) is 3.17.